The van der Waals surface area contributed by atoms with E-state index in [9.17, 15) is 9.59 Å². The molecule has 0 unspecified atom stereocenters. The van der Waals surface area contributed by atoms with Gasteiger partial charge in [0.1, 0.15) is 0 Å². The van der Waals surface area contributed by atoms with E-state index in [1.165, 1.54) is 33.0 Å². The third-order valence-corrected chi connectivity index (χ3v) is 4.86. The minimum absolute atomic E-state index is 0.250. The van der Waals surface area contributed by atoms with Crippen molar-refractivity contribution in [2.75, 3.05) is 27.9 Å². The first-order valence-corrected chi connectivity index (χ1v) is 9.71. The maximum atomic E-state index is 12.3. The van der Waals surface area contributed by atoms with Crippen LogP contribution in [0.25, 0.3) is 6.08 Å². The van der Waals surface area contributed by atoms with E-state index >= 15 is 0 Å². The molecule has 6 heteroatoms. The largest absolute Gasteiger partial charge is 0.493 e. The third kappa shape index (κ3) is 5.86. The van der Waals surface area contributed by atoms with Crippen molar-refractivity contribution in [3.63, 3.8) is 0 Å². The highest BCUT2D eigenvalue weighted by molar-refractivity contribution is 5.99. The summed E-state index contributed by atoms with van der Waals surface area (Å²) in [6, 6.07) is 10.8. The molecule has 0 N–H and O–H groups in total. The lowest BCUT2D eigenvalue weighted by molar-refractivity contribution is -0.136. The second-order valence-electron chi connectivity index (χ2n) is 6.75. The van der Waals surface area contributed by atoms with E-state index in [4.69, 9.17) is 18.9 Å². The molecule has 0 aliphatic rings. The van der Waals surface area contributed by atoms with Crippen molar-refractivity contribution in [3.8, 4) is 17.2 Å². The smallest absolute Gasteiger partial charge is 0.331 e. The van der Waals surface area contributed by atoms with Gasteiger partial charge in [0.05, 0.1) is 21.3 Å². The zero-order valence-electron chi connectivity index (χ0n) is 18.1. The average molecular weight is 412 g/mol. The van der Waals surface area contributed by atoms with Gasteiger partial charge in [-0.1, -0.05) is 38.1 Å². The quantitative estimate of drug-likeness (QED) is 0.321. The molecule has 2 aromatic rings. The average Bonchev–Trinajstić information content (AvgIpc) is 2.79. The van der Waals surface area contributed by atoms with Gasteiger partial charge in [0.15, 0.2) is 23.9 Å². The molecule has 0 aliphatic carbocycles. The van der Waals surface area contributed by atoms with Crippen LogP contribution in [0.5, 0.6) is 17.2 Å². The molecule has 160 valence electrons. The Morgan fingerprint density at radius 1 is 0.967 bits per heavy atom. The summed E-state index contributed by atoms with van der Waals surface area (Å²) in [5, 5.41) is 0. The molecule has 0 aliphatic heterocycles. The van der Waals surface area contributed by atoms with Gasteiger partial charge in [0, 0.05) is 11.6 Å². The number of hydrogen-bond acceptors (Lipinski definition) is 6. The summed E-state index contributed by atoms with van der Waals surface area (Å²) in [7, 11) is 4.54. The zero-order chi connectivity index (χ0) is 22.1. The standard InChI is InChI=1S/C24H28O6/c1-6-16(2)18-8-10-19(11-9-18)20(25)15-30-23(26)12-7-17-13-21(27-3)24(29-5)22(14-17)28-4/h7-14,16H,6,15H2,1-5H3/b12-7+/t16-/m1/s1. The van der Waals surface area contributed by atoms with Crippen molar-refractivity contribution in [1.29, 1.82) is 0 Å². The Hall–Kier alpha value is -3.28. The highest BCUT2D eigenvalue weighted by Crippen LogP contribution is 2.38. The Kier molecular flexibility index (Phi) is 8.47. The Bertz CT molecular complexity index is 873. The highest BCUT2D eigenvalue weighted by Gasteiger charge is 2.13. The normalized spacial score (nSPS) is 11.8. The molecule has 2 aromatic carbocycles. The summed E-state index contributed by atoms with van der Waals surface area (Å²) < 4.78 is 20.9. The van der Waals surface area contributed by atoms with Crippen LogP contribution in [-0.2, 0) is 9.53 Å². The Labute approximate surface area is 177 Å². The highest BCUT2D eigenvalue weighted by atomic mass is 16.5. The van der Waals surface area contributed by atoms with Crippen LogP contribution in [0.4, 0.5) is 0 Å². The van der Waals surface area contributed by atoms with Crippen molar-refractivity contribution in [2.24, 2.45) is 0 Å². The molecule has 0 radical (unpaired) electrons. The van der Waals surface area contributed by atoms with Crippen LogP contribution < -0.4 is 14.2 Å². The molecule has 30 heavy (non-hydrogen) atoms. The van der Waals surface area contributed by atoms with Crippen LogP contribution in [0.1, 0.15) is 47.7 Å². The van der Waals surface area contributed by atoms with E-state index < -0.39 is 5.97 Å². The fraction of sp³-hybridized carbons (Fsp3) is 0.333. The molecular formula is C24H28O6. The predicted octanol–water partition coefficient (Wildman–Crippen LogP) is 4.67. The fourth-order valence-corrected chi connectivity index (χ4v) is 2.86. The first-order chi connectivity index (χ1) is 14.4. The number of methoxy groups -OCH3 is 3. The lowest BCUT2D eigenvalue weighted by atomic mass is 9.97. The summed E-state index contributed by atoms with van der Waals surface area (Å²) in [6.45, 7) is 3.94. The molecule has 6 nitrogen and oxygen atoms in total. The number of rotatable bonds is 10. The summed E-state index contributed by atoms with van der Waals surface area (Å²) in [4.78, 5) is 24.3. The van der Waals surface area contributed by atoms with Gasteiger partial charge in [0.25, 0.3) is 0 Å². The van der Waals surface area contributed by atoms with Crippen LogP contribution in [0.15, 0.2) is 42.5 Å². The summed E-state index contributed by atoms with van der Waals surface area (Å²) in [5.41, 5.74) is 2.36. The van der Waals surface area contributed by atoms with Crippen molar-refractivity contribution in [3.05, 3.63) is 59.2 Å². The molecule has 2 rings (SSSR count). The van der Waals surface area contributed by atoms with Gasteiger partial charge >= 0.3 is 5.97 Å². The number of hydrogen-bond donors (Lipinski definition) is 0. The van der Waals surface area contributed by atoms with Gasteiger partial charge in [-0.3, -0.25) is 4.79 Å². The summed E-state index contributed by atoms with van der Waals surface area (Å²) in [5.74, 6) is 0.979. The van der Waals surface area contributed by atoms with Gasteiger partial charge < -0.3 is 18.9 Å². The van der Waals surface area contributed by atoms with Gasteiger partial charge in [0.2, 0.25) is 5.75 Å². The Morgan fingerprint density at radius 2 is 1.57 bits per heavy atom. The maximum Gasteiger partial charge on any atom is 0.331 e. The molecule has 0 heterocycles. The number of carbonyl (C=O) groups excluding carboxylic acids is 2. The molecule has 1 atom stereocenters. The van der Waals surface area contributed by atoms with Crippen molar-refractivity contribution >= 4 is 17.8 Å². The van der Waals surface area contributed by atoms with Crippen LogP contribution in [0.3, 0.4) is 0 Å². The lowest BCUT2D eigenvalue weighted by Crippen LogP contribution is -2.12. The number of carbonyl (C=O) groups is 2. The van der Waals surface area contributed by atoms with Crippen molar-refractivity contribution in [1.82, 2.24) is 0 Å². The number of Topliss-reactive ketones (excluding diaryl/α,β-unsaturated/α-hetero) is 1. The molecule has 0 fully saturated rings. The van der Waals surface area contributed by atoms with Crippen LogP contribution in [-0.4, -0.2) is 39.7 Å². The van der Waals surface area contributed by atoms with Gasteiger partial charge in [-0.25, -0.2) is 4.79 Å². The molecule has 0 saturated heterocycles. The SMILES string of the molecule is CC[C@@H](C)c1ccc(C(=O)COC(=O)/C=C/c2cc(OC)c(OC)c(OC)c2)cc1. The van der Waals surface area contributed by atoms with Crippen LogP contribution in [0, 0.1) is 0 Å². The topological polar surface area (TPSA) is 71.1 Å². The van der Waals surface area contributed by atoms with E-state index in [1.54, 1.807) is 30.3 Å². The first-order valence-electron chi connectivity index (χ1n) is 9.71. The molecular weight excluding hydrogens is 384 g/mol. The maximum absolute atomic E-state index is 12.3. The summed E-state index contributed by atoms with van der Waals surface area (Å²) in [6.07, 6.45) is 3.83. The Balaban J connectivity index is 1.99. The van der Waals surface area contributed by atoms with E-state index in [0.29, 0.717) is 34.3 Å². The summed E-state index contributed by atoms with van der Waals surface area (Å²) >= 11 is 0. The zero-order valence-corrected chi connectivity index (χ0v) is 18.1. The van der Waals surface area contributed by atoms with Crippen molar-refractivity contribution in [2.45, 2.75) is 26.2 Å². The number of esters is 1. The van der Waals surface area contributed by atoms with Gasteiger partial charge in [-0.05, 0) is 41.7 Å². The second-order valence-corrected chi connectivity index (χ2v) is 6.75. The molecule has 0 aromatic heterocycles. The minimum atomic E-state index is -0.617. The Morgan fingerprint density at radius 3 is 2.07 bits per heavy atom. The predicted molar refractivity (Wildman–Crippen MR) is 116 cm³/mol. The third-order valence-electron chi connectivity index (χ3n) is 4.86. The molecule has 0 spiro atoms. The second kappa shape index (κ2) is 11.0. The van der Waals surface area contributed by atoms with Gasteiger partial charge in [-0.15, -0.1) is 0 Å². The van der Waals surface area contributed by atoms with E-state index in [1.807, 2.05) is 12.1 Å². The number of ketones is 1. The monoisotopic (exact) mass is 412 g/mol. The van der Waals surface area contributed by atoms with Crippen molar-refractivity contribution < 1.29 is 28.5 Å². The number of ether oxygens (including phenoxy) is 4. The van der Waals surface area contributed by atoms with E-state index in [-0.39, 0.29) is 12.4 Å². The minimum Gasteiger partial charge on any atom is -0.493 e. The molecule has 0 saturated carbocycles. The first kappa shape index (κ1) is 23.0. The van der Waals surface area contributed by atoms with E-state index in [0.717, 1.165) is 6.42 Å². The van der Waals surface area contributed by atoms with Crippen LogP contribution >= 0.6 is 0 Å². The fourth-order valence-electron chi connectivity index (χ4n) is 2.86. The van der Waals surface area contributed by atoms with Crippen LogP contribution in [0.2, 0.25) is 0 Å². The van der Waals surface area contributed by atoms with E-state index in [2.05, 4.69) is 13.8 Å². The lowest BCUT2D eigenvalue weighted by Gasteiger charge is -2.12. The van der Waals surface area contributed by atoms with Gasteiger partial charge in [-0.2, -0.15) is 0 Å². The molecule has 0 amide bonds. The number of benzene rings is 2. The molecule has 0 bridgehead atoms.